The second kappa shape index (κ2) is 3.77. The highest BCUT2D eigenvalue weighted by atomic mass is 35.5. The van der Waals surface area contributed by atoms with Crippen LogP contribution in [-0.2, 0) is 4.74 Å². The fraction of sp³-hybridized carbons (Fsp3) is 1.00. The summed E-state index contributed by atoms with van der Waals surface area (Å²) in [5, 5.41) is 0. The van der Waals surface area contributed by atoms with Gasteiger partial charge in [0.1, 0.15) is 5.60 Å². The van der Waals surface area contributed by atoms with E-state index in [0.29, 0.717) is 0 Å². The smallest absolute Gasteiger partial charge is 0.160 e. The molecule has 0 aromatic rings. The lowest BCUT2D eigenvalue weighted by Crippen LogP contribution is -2.05. The van der Waals surface area contributed by atoms with Gasteiger partial charge in [0.05, 0.1) is 0 Å². The number of halogens is 1. The molecule has 0 bridgehead atoms. The second-order valence-corrected chi connectivity index (χ2v) is 3.95. The molecule has 1 saturated heterocycles. The largest absolute Gasteiger partial charge is 0.349 e. The van der Waals surface area contributed by atoms with Crippen molar-refractivity contribution in [3.05, 3.63) is 0 Å². The van der Waals surface area contributed by atoms with Gasteiger partial charge in [0.25, 0.3) is 0 Å². The van der Waals surface area contributed by atoms with Crippen molar-refractivity contribution in [1.82, 2.24) is 0 Å². The number of alkyl halides is 1. The van der Waals surface area contributed by atoms with Crippen molar-refractivity contribution in [3.63, 3.8) is 0 Å². The van der Waals surface area contributed by atoms with E-state index < -0.39 is 0 Å². The summed E-state index contributed by atoms with van der Waals surface area (Å²) in [5.41, 5.74) is 0.0130. The van der Waals surface area contributed by atoms with E-state index in [1.807, 2.05) is 0 Å². The van der Waals surface area contributed by atoms with Gasteiger partial charge >= 0.3 is 0 Å². The van der Waals surface area contributed by atoms with Gasteiger partial charge in [-0.2, -0.15) is 0 Å². The van der Waals surface area contributed by atoms with Crippen LogP contribution in [0.1, 0.15) is 46.0 Å². The fourth-order valence-electron chi connectivity index (χ4n) is 1.28. The molecule has 0 radical (unpaired) electrons. The molecule has 1 aliphatic rings. The van der Waals surface area contributed by atoms with Gasteiger partial charge in [0.2, 0.25) is 0 Å². The van der Waals surface area contributed by atoms with Crippen LogP contribution in [0.2, 0.25) is 0 Å². The average Bonchev–Trinajstić information content (AvgIpc) is 2.54. The quantitative estimate of drug-likeness (QED) is 0.356. The molecular formula is C9H17ClO. The van der Waals surface area contributed by atoms with E-state index in [4.69, 9.17) is 16.3 Å². The molecule has 0 aromatic heterocycles. The van der Waals surface area contributed by atoms with Crippen LogP contribution >= 0.6 is 11.6 Å². The zero-order chi connectivity index (χ0) is 8.32. The van der Waals surface area contributed by atoms with Crippen molar-refractivity contribution in [3.8, 4) is 0 Å². The zero-order valence-corrected chi connectivity index (χ0v) is 8.16. The molecule has 0 amide bonds. The summed E-state index contributed by atoms with van der Waals surface area (Å²) in [4.78, 5) is 0. The first-order chi connectivity index (χ1) is 5.19. The van der Waals surface area contributed by atoms with Crippen LogP contribution in [0.4, 0.5) is 0 Å². The maximum Gasteiger partial charge on any atom is 0.160 e. The highest BCUT2D eigenvalue weighted by Gasteiger charge is 2.50. The number of hydrogen-bond acceptors (Lipinski definition) is 1. The Bertz CT molecular complexity index is 127. The lowest BCUT2D eigenvalue weighted by molar-refractivity contribution is 0.298. The van der Waals surface area contributed by atoms with E-state index in [0.717, 1.165) is 6.42 Å². The van der Waals surface area contributed by atoms with Crippen LogP contribution in [-0.4, -0.2) is 11.2 Å². The molecule has 0 aromatic carbocycles. The van der Waals surface area contributed by atoms with Crippen LogP contribution in [0.3, 0.4) is 0 Å². The first-order valence-electron chi connectivity index (χ1n) is 4.51. The van der Waals surface area contributed by atoms with E-state index >= 15 is 0 Å². The molecular weight excluding hydrogens is 160 g/mol. The molecule has 1 aliphatic heterocycles. The molecule has 2 heteroatoms. The molecule has 1 nitrogen and oxygen atoms in total. The van der Waals surface area contributed by atoms with Crippen LogP contribution in [0, 0.1) is 0 Å². The van der Waals surface area contributed by atoms with Crippen LogP contribution in [0.25, 0.3) is 0 Å². The first kappa shape index (κ1) is 9.34. The predicted octanol–water partition coefficient (Wildman–Crippen LogP) is 3.31. The molecule has 66 valence electrons. The topological polar surface area (TPSA) is 12.5 Å². The Morgan fingerprint density at radius 1 is 1.36 bits per heavy atom. The maximum atomic E-state index is 5.78. The third-order valence-electron chi connectivity index (χ3n) is 2.32. The molecule has 0 spiro atoms. The molecule has 0 saturated carbocycles. The van der Waals surface area contributed by atoms with Gasteiger partial charge in [-0.05, 0) is 13.3 Å². The van der Waals surface area contributed by atoms with Crippen molar-refractivity contribution >= 4 is 11.6 Å². The number of hydrogen-bond donors (Lipinski definition) is 0. The lowest BCUT2D eigenvalue weighted by atomic mass is 10.0. The van der Waals surface area contributed by atoms with Crippen molar-refractivity contribution in [2.75, 3.05) is 0 Å². The molecule has 2 atom stereocenters. The Morgan fingerprint density at radius 2 is 2.00 bits per heavy atom. The van der Waals surface area contributed by atoms with Gasteiger partial charge in [0, 0.05) is 0 Å². The predicted molar refractivity (Wildman–Crippen MR) is 47.9 cm³/mol. The Kier molecular flexibility index (Phi) is 3.20. The minimum absolute atomic E-state index is 0.0101. The monoisotopic (exact) mass is 176 g/mol. The summed E-state index contributed by atoms with van der Waals surface area (Å²) < 4.78 is 5.25. The minimum Gasteiger partial charge on any atom is -0.349 e. The van der Waals surface area contributed by atoms with Gasteiger partial charge in [-0.25, -0.2) is 0 Å². The summed E-state index contributed by atoms with van der Waals surface area (Å²) in [6.45, 7) is 4.32. The highest BCUT2D eigenvalue weighted by Crippen LogP contribution is 2.43. The van der Waals surface area contributed by atoms with E-state index in [-0.39, 0.29) is 11.2 Å². The number of rotatable bonds is 5. The molecule has 1 heterocycles. The van der Waals surface area contributed by atoms with Gasteiger partial charge in [-0.15, -0.1) is 0 Å². The highest BCUT2D eigenvalue weighted by molar-refractivity contribution is 6.22. The van der Waals surface area contributed by atoms with Gasteiger partial charge in [-0.3, -0.25) is 0 Å². The van der Waals surface area contributed by atoms with Crippen molar-refractivity contribution in [2.45, 2.75) is 57.1 Å². The molecule has 0 aliphatic carbocycles. The summed E-state index contributed by atoms with van der Waals surface area (Å²) in [6, 6.07) is 0. The molecule has 1 unspecified atom stereocenters. The van der Waals surface area contributed by atoms with Crippen molar-refractivity contribution < 1.29 is 4.74 Å². The maximum absolute atomic E-state index is 5.78. The summed E-state index contributed by atoms with van der Waals surface area (Å²) in [6.07, 6.45) is 6.33. The fourth-order valence-corrected chi connectivity index (χ4v) is 1.59. The van der Waals surface area contributed by atoms with Crippen molar-refractivity contribution in [1.29, 1.82) is 0 Å². The Hall–Kier alpha value is 0.250. The Balaban J connectivity index is 1.96. The van der Waals surface area contributed by atoms with E-state index in [9.17, 15) is 0 Å². The summed E-state index contributed by atoms with van der Waals surface area (Å²) in [7, 11) is 0. The molecule has 1 rings (SSSR count). The molecule has 0 N–H and O–H groups in total. The van der Waals surface area contributed by atoms with Crippen molar-refractivity contribution in [2.24, 2.45) is 0 Å². The molecule has 11 heavy (non-hydrogen) atoms. The average molecular weight is 177 g/mol. The van der Waals surface area contributed by atoms with E-state index in [1.165, 1.54) is 25.7 Å². The first-order valence-corrected chi connectivity index (χ1v) is 4.94. The SMILES string of the molecule is CCCCCC[C@@]1(C)OC1Cl. The van der Waals surface area contributed by atoms with Gasteiger partial charge in [0.15, 0.2) is 5.56 Å². The van der Waals surface area contributed by atoms with Crippen LogP contribution < -0.4 is 0 Å². The number of epoxide rings is 1. The Morgan fingerprint density at radius 3 is 2.45 bits per heavy atom. The normalized spacial score (nSPS) is 35.7. The van der Waals surface area contributed by atoms with Crippen LogP contribution in [0.5, 0.6) is 0 Å². The summed E-state index contributed by atoms with van der Waals surface area (Å²) >= 11 is 5.78. The van der Waals surface area contributed by atoms with Gasteiger partial charge < -0.3 is 4.74 Å². The second-order valence-electron chi connectivity index (χ2n) is 3.56. The third kappa shape index (κ3) is 2.64. The number of unbranched alkanes of at least 4 members (excludes halogenated alkanes) is 3. The number of ether oxygens (including phenoxy) is 1. The third-order valence-corrected chi connectivity index (χ3v) is 2.87. The minimum atomic E-state index is -0.0101. The Labute approximate surface area is 74.1 Å². The lowest BCUT2D eigenvalue weighted by Gasteiger charge is -2.03. The van der Waals surface area contributed by atoms with E-state index in [1.54, 1.807) is 0 Å². The standard InChI is InChI=1S/C9H17ClO/c1-3-4-5-6-7-9(2)8(10)11-9/h8H,3-7H2,1-2H3/t8?,9-/m1/s1. The van der Waals surface area contributed by atoms with Crippen LogP contribution in [0.15, 0.2) is 0 Å². The van der Waals surface area contributed by atoms with Gasteiger partial charge in [-0.1, -0.05) is 44.2 Å². The zero-order valence-electron chi connectivity index (χ0n) is 7.40. The van der Waals surface area contributed by atoms with E-state index in [2.05, 4.69) is 13.8 Å². The summed E-state index contributed by atoms with van der Waals surface area (Å²) in [5.74, 6) is 0. The molecule has 1 fully saturated rings.